The van der Waals surface area contributed by atoms with Gasteiger partial charge in [0.1, 0.15) is 17.1 Å². The van der Waals surface area contributed by atoms with Gasteiger partial charge >= 0.3 is 0 Å². The van der Waals surface area contributed by atoms with E-state index in [0.717, 1.165) is 72.6 Å². The standard InChI is InChI=1S/C45H44N4O/c1-28-14-12-15-29(2)41(28)49-38-22-23-46-39(32-19-13-18-31(24-32)37-21-20-33(27-47-37)30-16-10-9-11-17-30)40(38)48-43(49)35-25-34(44(3,4)5)26-36(42(35)50)45(6,7)8/h9-27,50H,1-8H3. The van der Waals surface area contributed by atoms with Gasteiger partial charge in [-0.1, -0.05) is 120 Å². The van der Waals surface area contributed by atoms with Crippen molar-refractivity contribution in [3.05, 3.63) is 138 Å². The second-order valence-electron chi connectivity index (χ2n) is 15.3. The Morgan fingerprint density at radius 3 is 1.96 bits per heavy atom. The third-order valence-corrected chi connectivity index (χ3v) is 9.56. The number of imidazole rings is 1. The molecule has 0 bridgehead atoms. The lowest BCUT2D eigenvalue weighted by Crippen LogP contribution is -2.17. The first-order valence-corrected chi connectivity index (χ1v) is 17.3. The van der Waals surface area contributed by atoms with Crippen LogP contribution in [0.2, 0.25) is 0 Å². The van der Waals surface area contributed by atoms with Gasteiger partial charge in [0.2, 0.25) is 0 Å². The molecule has 4 aromatic carbocycles. The minimum absolute atomic E-state index is 0.141. The molecule has 5 heteroatoms. The fraction of sp³-hybridized carbons (Fsp3) is 0.222. The van der Waals surface area contributed by atoms with E-state index in [1.165, 1.54) is 0 Å². The fourth-order valence-electron chi connectivity index (χ4n) is 6.78. The minimum Gasteiger partial charge on any atom is -0.507 e. The van der Waals surface area contributed by atoms with Gasteiger partial charge in [0.15, 0.2) is 0 Å². The van der Waals surface area contributed by atoms with Crippen molar-refractivity contribution in [1.29, 1.82) is 0 Å². The van der Waals surface area contributed by atoms with Crippen LogP contribution in [0.4, 0.5) is 0 Å². The Morgan fingerprint density at radius 2 is 1.30 bits per heavy atom. The highest BCUT2D eigenvalue weighted by atomic mass is 16.3. The molecule has 0 aliphatic heterocycles. The number of phenolic OH excluding ortho intramolecular Hbond substituents is 1. The van der Waals surface area contributed by atoms with Crippen molar-refractivity contribution in [3.8, 4) is 56.5 Å². The Balaban J connectivity index is 1.46. The molecule has 250 valence electrons. The molecule has 0 aliphatic rings. The van der Waals surface area contributed by atoms with E-state index in [9.17, 15) is 5.11 Å². The Morgan fingerprint density at radius 1 is 0.620 bits per heavy atom. The van der Waals surface area contributed by atoms with E-state index in [2.05, 4.69) is 139 Å². The smallest absolute Gasteiger partial charge is 0.149 e. The Labute approximate surface area is 295 Å². The summed E-state index contributed by atoms with van der Waals surface area (Å²) in [6.45, 7) is 17.3. The number of phenols is 1. The van der Waals surface area contributed by atoms with Gasteiger partial charge < -0.3 is 5.11 Å². The largest absolute Gasteiger partial charge is 0.507 e. The number of hydrogen-bond donors (Lipinski definition) is 1. The van der Waals surface area contributed by atoms with Crippen molar-refractivity contribution in [1.82, 2.24) is 19.5 Å². The molecule has 0 saturated heterocycles. The van der Waals surface area contributed by atoms with Crippen molar-refractivity contribution in [2.75, 3.05) is 0 Å². The number of pyridine rings is 2. The van der Waals surface area contributed by atoms with E-state index >= 15 is 0 Å². The monoisotopic (exact) mass is 656 g/mol. The first-order chi connectivity index (χ1) is 23.8. The van der Waals surface area contributed by atoms with E-state index in [4.69, 9.17) is 15.0 Å². The summed E-state index contributed by atoms with van der Waals surface area (Å²) >= 11 is 0. The number of aromatic nitrogens is 4. The molecule has 0 unspecified atom stereocenters. The maximum Gasteiger partial charge on any atom is 0.149 e. The molecule has 1 N–H and O–H groups in total. The highest BCUT2D eigenvalue weighted by molar-refractivity contribution is 5.95. The molecule has 0 saturated carbocycles. The third-order valence-electron chi connectivity index (χ3n) is 9.56. The number of fused-ring (bicyclic) bond motifs is 1. The van der Waals surface area contributed by atoms with Crippen LogP contribution in [0, 0.1) is 13.8 Å². The van der Waals surface area contributed by atoms with Crippen molar-refractivity contribution < 1.29 is 5.11 Å². The van der Waals surface area contributed by atoms with E-state index in [-0.39, 0.29) is 16.6 Å². The van der Waals surface area contributed by atoms with Gasteiger partial charge in [-0.15, -0.1) is 0 Å². The van der Waals surface area contributed by atoms with Crippen LogP contribution in [0.25, 0.3) is 61.8 Å². The van der Waals surface area contributed by atoms with Gasteiger partial charge in [-0.25, -0.2) is 4.98 Å². The molecule has 5 nitrogen and oxygen atoms in total. The molecule has 0 spiro atoms. The van der Waals surface area contributed by atoms with Crippen molar-refractivity contribution in [2.45, 2.75) is 66.2 Å². The quantitative estimate of drug-likeness (QED) is 0.200. The van der Waals surface area contributed by atoms with Gasteiger partial charge in [0.25, 0.3) is 0 Å². The predicted octanol–water partition coefficient (Wildman–Crippen LogP) is 11.4. The zero-order valence-corrected chi connectivity index (χ0v) is 30.2. The first kappa shape index (κ1) is 33.0. The van der Waals surface area contributed by atoms with E-state index in [0.29, 0.717) is 11.4 Å². The zero-order chi connectivity index (χ0) is 35.4. The van der Waals surface area contributed by atoms with Crippen LogP contribution in [0.15, 0.2) is 116 Å². The number of rotatable bonds is 5. The van der Waals surface area contributed by atoms with Gasteiger partial charge in [-0.05, 0) is 71.2 Å². The topological polar surface area (TPSA) is 63.8 Å². The Bertz CT molecular complexity index is 2340. The molecule has 0 amide bonds. The summed E-state index contributed by atoms with van der Waals surface area (Å²) in [6, 6.07) is 35.5. The lowest BCUT2D eigenvalue weighted by molar-refractivity contribution is 0.446. The maximum absolute atomic E-state index is 12.1. The van der Waals surface area contributed by atoms with Crippen LogP contribution in [-0.2, 0) is 10.8 Å². The maximum atomic E-state index is 12.1. The Kier molecular flexibility index (Phi) is 8.18. The normalized spacial score (nSPS) is 12.1. The number of benzene rings is 4. The summed E-state index contributed by atoms with van der Waals surface area (Å²) in [4.78, 5) is 15.2. The van der Waals surface area contributed by atoms with Crippen molar-refractivity contribution >= 4 is 11.0 Å². The summed E-state index contributed by atoms with van der Waals surface area (Å²) in [5.41, 5.74) is 13.2. The number of aryl methyl sites for hydroxylation is 2. The summed E-state index contributed by atoms with van der Waals surface area (Å²) < 4.78 is 2.22. The van der Waals surface area contributed by atoms with Crippen molar-refractivity contribution in [2.24, 2.45) is 0 Å². The zero-order valence-electron chi connectivity index (χ0n) is 30.2. The van der Waals surface area contributed by atoms with Crippen LogP contribution >= 0.6 is 0 Å². The van der Waals surface area contributed by atoms with E-state index in [1.54, 1.807) is 0 Å². The summed E-state index contributed by atoms with van der Waals surface area (Å²) in [5.74, 6) is 0.949. The van der Waals surface area contributed by atoms with Gasteiger partial charge in [0, 0.05) is 34.6 Å². The highest BCUT2D eigenvalue weighted by Gasteiger charge is 2.29. The Hall–Kier alpha value is -5.55. The summed E-state index contributed by atoms with van der Waals surface area (Å²) in [7, 11) is 0. The first-order valence-electron chi connectivity index (χ1n) is 17.3. The lowest BCUT2D eigenvalue weighted by Gasteiger charge is -2.27. The highest BCUT2D eigenvalue weighted by Crippen LogP contribution is 2.44. The van der Waals surface area contributed by atoms with Gasteiger partial charge in [-0.2, -0.15) is 0 Å². The molecule has 7 rings (SSSR count). The average Bonchev–Trinajstić information content (AvgIpc) is 3.47. The average molecular weight is 657 g/mol. The molecular weight excluding hydrogens is 613 g/mol. The van der Waals surface area contributed by atoms with E-state index in [1.807, 2.05) is 36.7 Å². The second kappa shape index (κ2) is 12.4. The SMILES string of the molecule is Cc1cccc(C)c1-n1c(-c2cc(C(C)(C)C)cc(C(C)(C)C)c2O)nc2c(-c3cccc(-c4ccc(-c5ccccc5)cn4)c3)nccc21. The van der Waals surface area contributed by atoms with Gasteiger partial charge in [-0.3, -0.25) is 14.5 Å². The number of nitrogens with zero attached hydrogens (tertiary/aromatic N) is 4. The van der Waals surface area contributed by atoms with Crippen LogP contribution < -0.4 is 0 Å². The van der Waals surface area contributed by atoms with E-state index < -0.39 is 0 Å². The molecule has 50 heavy (non-hydrogen) atoms. The van der Waals surface area contributed by atoms with Crippen LogP contribution in [0.1, 0.15) is 63.8 Å². The van der Waals surface area contributed by atoms with Crippen LogP contribution in [0.3, 0.4) is 0 Å². The third kappa shape index (κ3) is 5.98. The van der Waals surface area contributed by atoms with Gasteiger partial charge in [0.05, 0.1) is 28.2 Å². The summed E-state index contributed by atoms with van der Waals surface area (Å²) in [6.07, 6.45) is 3.79. The molecule has 0 fully saturated rings. The van der Waals surface area contributed by atoms with Crippen LogP contribution in [-0.4, -0.2) is 24.6 Å². The van der Waals surface area contributed by atoms with Crippen molar-refractivity contribution in [3.63, 3.8) is 0 Å². The summed E-state index contributed by atoms with van der Waals surface area (Å²) in [5, 5.41) is 12.1. The molecule has 0 radical (unpaired) electrons. The molecule has 3 heterocycles. The predicted molar refractivity (Wildman–Crippen MR) is 207 cm³/mol. The second-order valence-corrected chi connectivity index (χ2v) is 15.3. The lowest BCUT2D eigenvalue weighted by atomic mass is 9.79. The molecular formula is C45H44N4O. The fourth-order valence-corrected chi connectivity index (χ4v) is 6.78. The minimum atomic E-state index is -0.282. The van der Waals surface area contributed by atoms with Crippen LogP contribution in [0.5, 0.6) is 5.75 Å². The molecule has 3 aromatic heterocycles. The number of para-hydroxylation sites is 1. The number of aromatic hydroxyl groups is 1. The number of hydrogen-bond acceptors (Lipinski definition) is 4. The molecule has 7 aromatic rings. The molecule has 0 atom stereocenters. The molecule has 0 aliphatic carbocycles.